The highest BCUT2D eigenvalue weighted by Crippen LogP contribution is 2.34. The molecule has 5 N–H and O–H groups in total. The Balaban J connectivity index is 0.00000170. The number of hydrogen-bond donors (Lipinski definition) is 5. The van der Waals surface area contributed by atoms with Gasteiger partial charge in [-0.1, -0.05) is 393 Å². The van der Waals surface area contributed by atoms with E-state index in [1.54, 1.807) is 36.4 Å². The summed E-state index contributed by atoms with van der Waals surface area (Å²) in [5.74, 6) is 12.6. The number of methoxy groups -OCH3 is 5. The molecule has 0 aromatic heterocycles. The van der Waals surface area contributed by atoms with Crippen LogP contribution in [-0.4, -0.2) is 137 Å². The maximum Gasteiger partial charge on any atom is 0.658 e. The van der Waals surface area contributed by atoms with Crippen LogP contribution >= 0.6 is 54.5 Å². The number of aldehydes is 1. The van der Waals surface area contributed by atoms with E-state index >= 15 is 0 Å². The molecule has 8 rings (SSSR count). The summed E-state index contributed by atoms with van der Waals surface area (Å²) in [5.41, 5.74) is 6.06. The predicted molar refractivity (Wildman–Crippen MR) is 635 cm³/mol. The summed E-state index contributed by atoms with van der Waals surface area (Å²) in [5, 5.41) is 47.4. The van der Waals surface area contributed by atoms with Crippen LogP contribution in [0.1, 0.15) is 331 Å². The molecule has 823 valence electrons. The van der Waals surface area contributed by atoms with Gasteiger partial charge in [0.15, 0.2) is 0 Å². The molecule has 26 heteroatoms. The van der Waals surface area contributed by atoms with Crippen molar-refractivity contribution in [1.29, 1.82) is 0 Å². The van der Waals surface area contributed by atoms with Gasteiger partial charge in [-0.3, -0.25) is 24.0 Å². The van der Waals surface area contributed by atoms with Gasteiger partial charge in [0.25, 0.3) is 0 Å². The maximum atomic E-state index is 11.2. The molecule has 14 atom stereocenters. The van der Waals surface area contributed by atoms with Crippen molar-refractivity contribution in [3.8, 4) is 35.3 Å². The Morgan fingerprint density at radius 2 is 0.732 bits per heavy atom. The van der Waals surface area contributed by atoms with E-state index in [2.05, 4.69) is 258 Å². The lowest BCUT2D eigenvalue weighted by Gasteiger charge is -2.16. The van der Waals surface area contributed by atoms with Crippen molar-refractivity contribution in [2.24, 2.45) is 65.1 Å². The molecule has 6 aromatic rings. The zero-order chi connectivity index (χ0) is 111. The number of esters is 5. The van der Waals surface area contributed by atoms with Gasteiger partial charge in [-0.2, -0.15) is 0 Å². The number of carbonyl (C=O) groups excluding carboxylic acids is 6. The van der Waals surface area contributed by atoms with Crippen molar-refractivity contribution in [3.05, 3.63) is 235 Å². The number of carbonyl (C=O) groups is 6. The molecule has 0 unspecified atom stereocenters. The highest BCUT2D eigenvalue weighted by Gasteiger charge is 2.29. The zero-order valence-electron chi connectivity index (χ0n) is 93.3. The van der Waals surface area contributed by atoms with E-state index in [4.69, 9.17) is 39.8 Å². The first-order valence-corrected chi connectivity index (χ1v) is 56.7. The second-order valence-corrected chi connectivity index (χ2v) is 41.2. The third-order valence-electron chi connectivity index (χ3n) is 25.7. The topological polar surface area (TPSA) is 287 Å². The van der Waals surface area contributed by atoms with E-state index in [0.717, 1.165) is 126 Å². The zero-order valence-corrected chi connectivity index (χ0v) is 98.7. The van der Waals surface area contributed by atoms with Crippen molar-refractivity contribution in [3.63, 3.8) is 0 Å². The van der Waals surface area contributed by atoms with Crippen LogP contribution in [0.4, 0.5) is 0 Å². The summed E-state index contributed by atoms with van der Waals surface area (Å²) in [6.45, 7) is 32.8. The summed E-state index contributed by atoms with van der Waals surface area (Å²) in [6, 6.07) is 46.9. The Morgan fingerprint density at radius 1 is 0.396 bits per heavy atom. The minimum absolute atomic E-state index is 0.0812. The molecule has 2 aliphatic rings. The Kier molecular flexibility index (Phi) is 85.0. The maximum absolute atomic E-state index is 11.2. The van der Waals surface area contributed by atoms with Crippen molar-refractivity contribution in [2.45, 2.75) is 321 Å². The normalized spacial score (nSPS) is 14.3. The number of halogens is 3. The molecular formula is C123H181B3Br2IO20. The molecule has 20 nitrogen and oxygen atoms in total. The number of aliphatic hydroxyl groups excluding tert-OH is 3. The number of rotatable bonds is 56. The van der Waals surface area contributed by atoms with E-state index in [1.165, 1.54) is 137 Å². The standard InChI is InChI=1S/C26H40O2.C23H34O5.C17H23BrO2.C15H21BO2.C11H19IO2.C10H18O3.C9H16.C6H6BBrO2.C6H4BO2/c1-6-7-8-11-21(2)16-18-24-13-10-14-25(20-24)19-17-23(4)22(3)12-9-15-26(27)28-5;1-3-4-5-10-20(24)15-13-18-8-6-9-19(17-18)14-16-22(26)21(25)11-7-12-23(27)28-2;1-13(6-4-9-17(19)20-3)14(2)10-11-15-7-5-8-16(18)12-15;1-3-4-5-8-13(2)11-12-16-17-14-9-6-7-10-15(14)18-16;1-9(10(2)7-8-12)5-4-6-11(13)14-3;1-8(9(2)7-11)5-4-6-10(12)13-3;1-4-6-7-8-9(3)5-2;8-6-3-1-2-5(4-6)7(9)10;1-2-4-6-5(3-1)8-7-9-6/h10,13-14,16-23H,6-9,11-12,15H2,1-5H3;6,8-9,13-17,20-22,24-26H,3-5,7,10-12H2,1-2H3;5,7-8,10-14H,4,6,9H2,1-3H3;6-7,9-13H,3-5,8H2,1-2H3;7-10H,4-6H2,1-3H3;7-9H,4-6H2,1-3H3;2,9H,4,6-8H2,1,3H3;1-4,9-10H;1-4H/b18-16+,19-17+;15-13+,16-14+;11-10+;12-11+;8-7+;;;;/t21-,22+,23-;20-,21+,22-;13-,14+;13-;9-,10+;8-,9+;9-;;/m1101000../s1. The summed E-state index contributed by atoms with van der Waals surface area (Å²) in [7, 11) is 6.74. The molecule has 2 aliphatic heterocycles. The van der Waals surface area contributed by atoms with Crippen LogP contribution in [0.3, 0.4) is 0 Å². The van der Waals surface area contributed by atoms with Crippen LogP contribution in [0, 0.1) is 77.4 Å². The van der Waals surface area contributed by atoms with Gasteiger partial charge in [-0.05, 0) is 247 Å². The predicted octanol–water partition coefficient (Wildman–Crippen LogP) is 29.9. The number of terminal acetylenes is 1. The molecule has 149 heavy (non-hydrogen) atoms. The Labute approximate surface area is 929 Å². The Hall–Kier alpha value is -9.04. The molecule has 0 aliphatic carbocycles. The first kappa shape index (κ1) is 140. The second-order valence-electron chi connectivity index (χ2n) is 38.6. The lowest BCUT2D eigenvalue weighted by atomic mass is 9.81. The molecule has 1 radical (unpaired) electrons. The summed E-state index contributed by atoms with van der Waals surface area (Å²) < 4.78 is 48.3. The van der Waals surface area contributed by atoms with Crippen molar-refractivity contribution < 1.29 is 96.4 Å². The summed E-state index contributed by atoms with van der Waals surface area (Å²) >= 11 is 8.92. The fraction of sp³-hybridized carbons (Fsp3) is 0.528. The SMILES string of the molecule is C#C[C@H](C)CCCCC.CCCCC[C@@H](C)/C=C/B1Oc2ccccc2O1.CCCCC[C@@H](C)/C=C/c1cccc(/C=C/[C@@H](C)[C@@H](C)CCCC(=O)OC)c1.CCCCC[C@@H](O)/C=C/c1cccc(/C=C/[C@@H](O)[C@@H](O)CCCC(=O)OC)c1.COC(=O)CCC[C@H](C)[C@H](C)/C=C/I.COC(=O)CCC[C@H](C)[C@H](C)/C=C/c1cccc(Br)c1.COC(=O)CCC[C@H](C)[C@H](C)C=O.OB(O)c1cccc(Br)c1.[B]1Oc2ccccc2O1. The largest absolute Gasteiger partial charge is 0.658 e. The fourth-order valence-electron chi connectivity index (χ4n) is 14.6. The van der Waals surface area contributed by atoms with Gasteiger partial charge < -0.3 is 72.5 Å². The molecule has 0 saturated heterocycles. The minimum Gasteiger partial charge on any atom is -0.524 e. The quantitative estimate of drug-likeness (QED) is 0.00451. The first-order chi connectivity index (χ1) is 71.4. The number of benzene rings is 6. The number of para-hydroxylation sites is 4. The van der Waals surface area contributed by atoms with Gasteiger partial charge in [0, 0.05) is 52.9 Å². The number of unbranched alkanes of at least 4 members (excludes halogenated alkanes) is 8. The lowest BCUT2D eigenvalue weighted by Crippen LogP contribution is -2.29. The fourth-order valence-corrected chi connectivity index (χ4v) is 16.1. The number of hydrogen-bond acceptors (Lipinski definition) is 20. The van der Waals surface area contributed by atoms with Gasteiger partial charge in [0.05, 0.1) is 53.9 Å². The van der Waals surface area contributed by atoms with Gasteiger partial charge in [-0.15, -0.1) is 12.3 Å². The molecule has 2 heterocycles. The van der Waals surface area contributed by atoms with Crippen LogP contribution < -0.4 is 24.1 Å². The van der Waals surface area contributed by atoms with E-state index in [1.807, 2.05) is 117 Å². The van der Waals surface area contributed by atoms with Crippen LogP contribution in [0.2, 0.25) is 0 Å². The van der Waals surface area contributed by atoms with Gasteiger partial charge in [0.2, 0.25) is 0 Å². The monoisotopic (exact) mass is 2300 g/mol. The number of aliphatic hydroxyl groups is 3. The van der Waals surface area contributed by atoms with E-state index in [0.29, 0.717) is 103 Å². The van der Waals surface area contributed by atoms with Gasteiger partial charge in [0.1, 0.15) is 29.3 Å². The molecule has 0 spiro atoms. The number of fused-ring (bicyclic) bond motifs is 2. The molecule has 0 fully saturated rings. The van der Waals surface area contributed by atoms with Crippen LogP contribution in [-0.2, 0) is 52.5 Å². The number of ether oxygens (including phenoxy) is 5. The van der Waals surface area contributed by atoms with Crippen molar-refractivity contribution in [2.75, 3.05) is 35.5 Å². The molecule has 0 saturated carbocycles. The minimum atomic E-state index is -1.38. The van der Waals surface area contributed by atoms with Crippen LogP contribution in [0.25, 0.3) is 30.4 Å². The molecule has 0 amide bonds. The highest BCUT2D eigenvalue weighted by atomic mass is 127. The van der Waals surface area contributed by atoms with Crippen LogP contribution in [0.5, 0.6) is 23.0 Å². The third kappa shape index (κ3) is 73.8. The Morgan fingerprint density at radius 3 is 1.10 bits per heavy atom. The second kappa shape index (κ2) is 90.5. The van der Waals surface area contributed by atoms with E-state index < -0.39 is 25.4 Å². The van der Waals surface area contributed by atoms with E-state index in [-0.39, 0.29) is 49.3 Å². The van der Waals surface area contributed by atoms with Crippen molar-refractivity contribution >= 4 is 148 Å². The summed E-state index contributed by atoms with van der Waals surface area (Å²) in [4.78, 5) is 65.4. The summed E-state index contributed by atoms with van der Waals surface area (Å²) in [6.07, 6.45) is 58.8. The van der Waals surface area contributed by atoms with Crippen molar-refractivity contribution in [1.82, 2.24) is 0 Å². The van der Waals surface area contributed by atoms with Gasteiger partial charge in [-0.25, -0.2) is 0 Å². The lowest BCUT2D eigenvalue weighted by molar-refractivity contribution is -0.141. The third-order valence-corrected chi connectivity index (χ3v) is 27.1. The highest BCUT2D eigenvalue weighted by molar-refractivity contribution is 14.1. The molecular weight excluding hydrogens is 2120 g/mol. The van der Waals surface area contributed by atoms with Crippen LogP contribution in [0.15, 0.2) is 207 Å². The Bertz CT molecular complexity index is 4620. The molecule has 6 aromatic carbocycles. The number of allylic oxidation sites excluding steroid dienone is 5. The average molecular weight is 2300 g/mol. The smallest absolute Gasteiger partial charge is 0.524 e. The average Bonchev–Trinajstić information content (AvgIpc) is 1.70. The first-order valence-electron chi connectivity index (χ1n) is 53.8. The van der Waals surface area contributed by atoms with Gasteiger partial charge >= 0.3 is 51.8 Å². The molecule has 0 bridgehead atoms. The van der Waals surface area contributed by atoms with E-state index in [9.17, 15) is 44.1 Å².